The van der Waals surface area contributed by atoms with Crippen molar-refractivity contribution >= 4 is 40.5 Å². The summed E-state index contributed by atoms with van der Waals surface area (Å²) in [7, 11) is 0. The molecule has 0 atom stereocenters. The molecule has 0 saturated heterocycles. The Bertz CT molecular complexity index is 842. The van der Waals surface area contributed by atoms with Crippen LogP contribution in [0, 0.1) is 0 Å². The molecular formula is C14H10Cl2N6O. The molecule has 7 nitrogen and oxygen atoms in total. The highest BCUT2D eigenvalue weighted by Crippen LogP contribution is 2.31. The van der Waals surface area contributed by atoms with Gasteiger partial charge in [0.25, 0.3) is 5.91 Å². The summed E-state index contributed by atoms with van der Waals surface area (Å²) in [4.78, 5) is 12.5. The van der Waals surface area contributed by atoms with Crippen LogP contribution >= 0.6 is 23.2 Å². The highest BCUT2D eigenvalue weighted by Gasteiger charge is 2.14. The van der Waals surface area contributed by atoms with Gasteiger partial charge in [0.1, 0.15) is 6.33 Å². The van der Waals surface area contributed by atoms with E-state index in [0.29, 0.717) is 16.9 Å². The van der Waals surface area contributed by atoms with Crippen molar-refractivity contribution in [1.82, 2.24) is 20.2 Å². The largest absolute Gasteiger partial charge is 0.396 e. The SMILES string of the molecule is Nc1c(Cl)cc(NC(=O)c2ccccc2-n2cnnn2)cc1Cl. The molecule has 23 heavy (non-hydrogen) atoms. The Balaban J connectivity index is 1.93. The van der Waals surface area contributed by atoms with Gasteiger partial charge in [-0.15, -0.1) is 5.10 Å². The van der Waals surface area contributed by atoms with Crippen molar-refractivity contribution in [3.63, 3.8) is 0 Å². The van der Waals surface area contributed by atoms with Crippen molar-refractivity contribution < 1.29 is 4.79 Å². The zero-order chi connectivity index (χ0) is 16.4. The van der Waals surface area contributed by atoms with E-state index in [1.54, 1.807) is 24.3 Å². The summed E-state index contributed by atoms with van der Waals surface area (Å²) in [5.41, 5.74) is 7.32. The summed E-state index contributed by atoms with van der Waals surface area (Å²) in [5.74, 6) is -0.354. The molecule has 1 heterocycles. The number of rotatable bonds is 3. The van der Waals surface area contributed by atoms with Crippen molar-refractivity contribution in [2.45, 2.75) is 0 Å². The lowest BCUT2D eigenvalue weighted by Gasteiger charge is -2.11. The third kappa shape index (κ3) is 3.10. The van der Waals surface area contributed by atoms with Gasteiger partial charge in [0.2, 0.25) is 0 Å². The number of carbonyl (C=O) groups excluding carboxylic acids is 1. The maximum Gasteiger partial charge on any atom is 0.257 e. The monoisotopic (exact) mass is 348 g/mol. The molecule has 0 aliphatic heterocycles. The molecule has 0 saturated carbocycles. The predicted molar refractivity (Wildman–Crippen MR) is 88.0 cm³/mol. The van der Waals surface area contributed by atoms with Crippen LogP contribution in [0.5, 0.6) is 0 Å². The van der Waals surface area contributed by atoms with E-state index < -0.39 is 0 Å². The molecule has 3 rings (SSSR count). The summed E-state index contributed by atoms with van der Waals surface area (Å²) in [6.45, 7) is 0. The fourth-order valence-corrected chi connectivity index (χ4v) is 2.48. The minimum atomic E-state index is -0.354. The first kappa shape index (κ1) is 15.3. The van der Waals surface area contributed by atoms with Gasteiger partial charge in [-0.1, -0.05) is 35.3 Å². The fraction of sp³-hybridized carbons (Fsp3) is 0. The van der Waals surface area contributed by atoms with Crippen LogP contribution < -0.4 is 11.1 Å². The second-order valence-corrected chi connectivity index (χ2v) is 5.39. The molecule has 9 heteroatoms. The molecular weight excluding hydrogens is 339 g/mol. The molecule has 0 fully saturated rings. The Kier molecular flexibility index (Phi) is 4.14. The first-order chi connectivity index (χ1) is 11.1. The Morgan fingerprint density at radius 2 is 1.87 bits per heavy atom. The van der Waals surface area contributed by atoms with Crippen LogP contribution in [-0.2, 0) is 0 Å². The average Bonchev–Trinajstić information content (AvgIpc) is 3.07. The molecule has 1 amide bonds. The minimum Gasteiger partial charge on any atom is -0.396 e. The number of benzene rings is 2. The van der Waals surface area contributed by atoms with Crippen molar-refractivity contribution in [2.75, 3.05) is 11.1 Å². The van der Waals surface area contributed by atoms with E-state index >= 15 is 0 Å². The highest BCUT2D eigenvalue weighted by molar-refractivity contribution is 6.39. The van der Waals surface area contributed by atoms with Crippen molar-refractivity contribution in [2.24, 2.45) is 0 Å². The van der Waals surface area contributed by atoms with E-state index in [2.05, 4.69) is 20.8 Å². The van der Waals surface area contributed by atoms with Gasteiger partial charge in [-0.3, -0.25) is 4.79 Å². The third-order valence-corrected chi connectivity index (χ3v) is 3.71. The first-order valence-corrected chi connectivity index (χ1v) is 7.20. The maximum atomic E-state index is 12.5. The van der Waals surface area contributed by atoms with Gasteiger partial charge in [0.05, 0.1) is 27.0 Å². The Hall–Kier alpha value is -2.64. The maximum absolute atomic E-state index is 12.5. The van der Waals surface area contributed by atoms with Crippen LogP contribution in [0.4, 0.5) is 11.4 Å². The zero-order valence-electron chi connectivity index (χ0n) is 11.6. The number of amides is 1. The number of hydrogen-bond donors (Lipinski definition) is 2. The van der Waals surface area contributed by atoms with Gasteiger partial charge in [-0.25, -0.2) is 0 Å². The number of carbonyl (C=O) groups is 1. The van der Waals surface area contributed by atoms with Gasteiger partial charge in [-0.05, 0) is 34.7 Å². The molecule has 3 aromatic rings. The fourth-order valence-electron chi connectivity index (χ4n) is 1.99. The van der Waals surface area contributed by atoms with Crippen LogP contribution in [-0.4, -0.2) is 26.1 Å². The second-order valence-electron chi connectivity index (χ2n) is 4.58. The number of nitrogens with one attached hydrogen (secondary N) is 1. The van der Waals surface area contributed by atoms with E-state index in [-0.39, 0.29) is 21.6 Å². The van der Waals surface area contributed by atoms with E-state index in [1.807, 2.05) is 0 Å². The number of tetrazole rings is 1. The molecule has 0 radical (unpaired) electrons. The van der Waals surface area contributed by atoms with Gasteiger partial charge in [0.15, 0.2) is 0 Å². The quantitative estimate of drug-likeness (QED) is 0.709. The second kappa shape index (κ2) is 6.23. The smallest absolute Gasteiger partial charge is 0.257 e. The van der Waals surface area contributed by atoms with Crippen LogP contribution in [0.2, 0.25) is 10.0 Å². The van der Waals surface area contributed by atoms with E-state index in [4.69, 9.17) is 28.9 Å². The molecule has 0 aliphatic rings. The normalized spacial score (nSPS) is 10.5. The number of anilines is 2. The van der Waals surface area contributed by atoms with Crippen LogP contribution in [0.15, 0.2) is 42.7 Å². The number of nitrogens with two attached hydrogens (primary N) is 1. The molecule has 2 aromatic carbocycles. The standard InChI is InChI=1S/C14H10Cl2N6O/c15-10-5-8(6-11(16)13(10)17)19-14(23)9-3-1-2-4-12(9)22-7-18-20-21-22/h1-7H,17H2,(H,19,23). The summed E-state index contributed by atoms with van der Waals surface area (Å²) in [5, 5.41) is 14.2. The van der Waals surface area contributed by atoms with E-state index in [0.717, 1.165) is 0 Å². The van der Waals surface area contributed by atoms with Crippen molar-refractivity contribution in [3.05, 3.63) is 58.3 Å². The zero-order valence-corrected chi connectivity index (χ0v) is 13.1. The Morgan fingerprint density at radius 3 is 2.52 bits per heavy atom. The van der Waals surface area contributed by atoms with Crippen molar-refractivity contribution in [3.8, 4) is 5.69 Å². The number of halogens is 2. The Morgan fingerprint density at radius 1 is 1.17 bits per heavy atom. The molecule has 0 bridgehead atoms. The number of nitrogens with zero attached hydrogens (tertiary/aromatic N) is 4. The van der Waals surface area contributed by atoms with Crippen LogP contribution in [0.3, 0.4) is 0 Å². The molecule has 3 N–H and O–H groups in total. The van der Waals surface area contributed by atoms with Gasteiger partial charge < -0.3 is 11.1 Å². The lowest BCUT2D eigenvalue weighted by molar-refractivity contribution is 0.102. The topological polar surface area (TPSA) is 98.7 Å². The predicted octanol–water partition coefficient (Wildman–Crippen LogP) is 2.80. The molecule has 116 valence electrons. The van der Waals surface area contributed by atoms with E-state index in [9.17, 15) is 4.79 Å². The Labute approximate surface area is 141 Å². The summed E-state index contributed by atoms with van der Waals surface area (Å²) in [6.07, 6.45) is 1.41. The molecule has 1 aromatic heterocycles. The molecule has 0 aliphatic carbocycles. The van der Waals surface area contributed by atoms with E-state index in [1.165, 1.54) is 23.1 Å². The third-order valence-electron chi connectivity index (χ3n) is 3.08. The lowest BCUT2D eigenvalue weighted by Crippen LogP contribution is -2.15. The van der Waals surface area contributed by atoms with Gasteiger partial charge in [-0.2, -0.15) is 4.68 Å². The van der Waals surface area contributed by atoms with Gasteiger partial charge >= 0.3 is 0 Å². The number of hydrogen-bond acceptors (Lipinski definition) is 5. The number of aromatic nitrogens is 4. The molecule has 0 spiro atoms. The van der Waals surface area contributed by atoms with Gasteiger partial charge in [0, 0.05) is 5.69 Å². The summed E-state index contributed by atoms with van der Waals surface area (Å²) >= 11 is 11.9. The first-order valence-electron chi connectivity index (χ1n) is 6.44. The lowest BCUT2D eigenvalue weighted by atomic mass is 10.1. The molecule has 0 unspecified atom stereocenters. The minimum absolute atomic E-state index is 0.264. The summed E-state index contributed by atoms with van der Waals surface area (Å²) < 4.78 is 1.40. The summed E-state index contributed by atoms with van der Waals surface area (Å²) in [6, 6.07) is 9.97. The average molecular weight is 349 g/mol. The van der Waals surface area contributed by atoms with Crippen LogP contribution in [0.1, 0.15) is 10.4 Å². The number of nitrogen functional groups attached to an aromatic ring is 1. The highest BCUT2D eigenvalue weighted by atomic mass is 35.5. The van der Waals surface area contributed by atoms with Crippen molar-refractivity contribution in [1.29, 1.82) is 0 Å². The number of para-hydroxylation sites is 1. The van der Waals surface area contributed by atoms with Crippen LogP contribution in [0.25, 0.3) is 5.69 Å².